The summed E-state index contributed by atoms with van der Waals surface area (Å²) in [7, 11) is -3.44. The van der Waals surface area contributed by atoms with Crippen LogP contribution >= 0.6 is 11.3 Å². The van der Waals surface area contributed by atoms with E-state index in [2.05, 4.69) is 0 Å². The zero-order valence-corrected chi connectivity index (χ0v) is 17.1. The highest BCUT2D eigenvalue weighted by molar-refractivity contribution is 7.88. The number of nitrogens with zero attached hydrogens (tertiary/aromatic N) is 2. The molecule has 0 spiro atoms. The third kappa shape index (κ3) is 6.55. The Kier molecular flexibility index (Phi) is 7.37. The van der Waals surface area contributed by atoms with Crippen molar-refractivity contribution in [3.8, 4) is 0 Å². The van der Waals surface area contributed by atoms with Gasteiger partial charge in [-0.3, -0.25) is 4.79 Å². The number of benzene rings is 1. The van der Waals surface area contributed by atoms with E-state index in [1.54, 1.807) is 16.2 Å². The second-order valence-corrected chi connectivity index (χ2v) is 9.78. The van der Waals surface area contributed by atoms with Gasteiger partial charge in [-0.15, -0.1) is 11.3 Å². The molecule has 7 heteroatoms. The Labute approximate surface area is 160 Å². The van der Waals surface area contributed by atoms with Crippen molar-refractivity contribution in [1.29, 1.82) is 0 Å². The molecule has 26 heavy (non-hydrogen) atoms. The minimum atomic E-state index is -3.44. The Balaban J connectivity index is 2.18. The fourth-order valence-electron chi connectivity index (χ4n) is 2.60. The molecule has 2 aromatic rings. The highest BCUT2D eigenvalue weighted by Crippen LogP contribution is 2.16. The summed E-state index contributed by atoms with van der Waals surface area (Å²) in [6.07, 6.45) is 1.16. The maximum absolute atomic E-state index is 12.9. The first-order valence-electron chi connectivity index (χ1n) is 8.55. The molecule has 1 aromatic carbocycles. The zero-order valence-electron chi connectivity index (χ0n) is 15.5. The Hall–Kier alpha value is -1.70. The van der Waals surface area contributed by atoms with Gasteiger partial charge in [0.05, 0.1) is 19.3 Å². The zero-order chi connectivity index (χ0) is 19.2. The Bertz CT molecular complexity index is 787. The van der Waals surface area contributed by atoms with Gasteiger partial charge in [-0.05, 0) is 22.9 Å². The van der Waals surface area contributed by atoms with Gasteiger partial charge >= 0.3 is 0 Å². The number of amides is 1. The molecular weight excluding hydrogens is 368 g/mol. The van der Waals surface area contributed by atoms with Crippen LogP contribution in [0.25, 0.3) is 0 Å². The van der Waals surface area contributed by atoms with Crippen LogP contribution in [0.15, 0.2) is 47.8 Å². The average Bonchev–Trinajstić information content (AvgIpc) is 3.06. The van der Waals surface area contributed by atoms with E-state index in [0.717, 1.165) is 16.7 Å². The number of carbonyl (C=O) groups is 1. The predicted molar refractivity (Wildman–Crippen MR) is 106 cm³/mol. The van der Waals surface area contributed by atoms with E-state index in [1.165, 1.54) is 4.31 Å². The average molecular weight is 395 g/mol. The molecule has 0 fully saturated rings. The number of carbonyl (C=O) groups excluding carboxylic acids is 1. The molecule has 0 aliphatic rings. The van der Waals surface area contributed by atoms with Gasteiger partial charge < -0.3 is 4.90 Å². The molecular formula is C19H26N2O3S2. The predicted octanol–water partition coefficient (Wildman–Crippen LogP) is 3.19. The fraction of sp³-hybridized carbons (Fsp3) is 0.421. The van der Waals surface area contributed by atoms with Crippen molar-refractivity contribution in [3.05, 3.63) is 58.3 Å². The van der Waals surface area contributed by atoms with Crippen LogP contribution in [0, 0.1) is 5.92 Å². The minimum absolute atomic E-state index is 0.130. The molecule has 0 unspecified atom stereocenters. The van der Waals surface area contributed by atoms with E-state index >= 15 is 0 Å². The summed E-state index contributed by atoms with van der Waals surface area (Å²) in [5.41, 5.74) is 1.02. The molecule has 1 heterocycles. The van der Waals surface area contributed by atoms with Crippen molar-refractivity contribution in [1.82, 2.24) is 9.21 Å². The molecule has 0 atom stereocenters. The Morgan fingerprint density at radius 1 is 1.08 bits per heavy atom. The second-order valence-electron chi connectivity index (χ2n) is 6.76. The van der Waals surface area contributed by atoms with Crippen molar-refractivity contribution >= 4 is 27.3 Å². The van der Waals surface area contributed by atoms with Crippen molar-refractivity contribution in [2.24, 2.45) is 5.92 Å². The van der Waals surface area contributed by atoms with Gasteiger partial charge in [0, 0.05) is 18.0 Å². The van der Waals surface area contributed by atoms with E-state index in [4.69, 9.17) is 0 Å². The summed E-state index contributed by atoms with van der Waals surface area (Å²) >= 11 is 1.59. The highest BCUT2D eigenvalue weighted by Gasteiger charge is 2.24. The summed E-state index contributed by atoms with van der Waals surface area (Å²) in [5, 5.41) is 1.97. The number of hydrogen-bond acceptors (Lipinski definition) is 4. The quantitative estimate of drug-likeness (QED) is 0.656. The Morgan fingerprint density at radius 3 is 2.31 bits per heavy atom. The normalized spacial score (nSPS) is 11.9. The van der Waals surface area contributed by atoms with Crippen LogP contribution in [-0.2, 0) is 27.9 Å². The van der Waals surface area contributed by atoms with Gasteiger partial charge in [-0.25, -0.2) is 8.42 Å². The van der Waals surface area contributed by atoms with E-state index < -0.39 is 10.0 Å². The van der Waals surface area contributed by atoms with Gasteiger partial charge in [-0.1, -0.05) is 50.2 Å². The van der Waals surface area contributed by atoms with Gasteiger partial charge in [0.1, 0.15) is 0 Å². The van der Waals surface area contributed by atoms with E-state index in [1.807, 2.05) is 61.7 Å². The summed E-state index contributed by atoms with van der Waals surface area (Å²) in [5.74, 6) is -0.0364. The SMILES string of the molecule is CC(C)CN(CC(=O)N(Cc1ccccc1)Cc1cccs1)S(C)(=O)=O. The van der Waals surface area contributed by atoms with Crippen LogP contribution in [-0.4, -0.2) is 42.9 Å². The first-order valence-corrected chi connectivity index (χ1v) is 11.3. The highest BCUT2D eigenvalue weighted by atomic mass is 32.2. The molecule has 0 aliphatic carbocycles. The second kappa shape index (κ2) is 9.30. The summed E-state index contributed by atoms with van der Waals surface area (Å²) in [6, 6.07) is 13.7. The van der Waals surface area contributed by atoms with Gasteiger partial charge in [0.15, 0.2) is 0 Å². The molecule has 0 bridgehead atoms. The molecule has 0 aliphatic heterocycles. The maximum Gasteiger partial charge on any atom is 0.238 e. The summed E-state index contributed by atoms with van der Waals surface area (Å²) in [4.78, 5) is 15.7. The van der Waals surface area contributed by atoms with Gasteiger partial charge in [-0.2, -0.15) is 4.31 Å². The maximum atomic E-state index is 12.9. The molecule has 1 aromatic heterocycles. The number of thiophene rings is 1. The molecule has 1 amide bonds. The van der Waals surface area contributed by atoms with Gasteiger partial charge in [0.2, 0.25) is 15.9 Å². The third-order valence-corrected chi connectivity index (χ3v) is 5.92. The monoisotopic (exact) mass is 394 g/mol. The molecule has 142 valence electrons. The lowest BCUT2D eigenvalue weighted by Gasteiger charge is -2.27. The van der Waals surface area contributed by atoms with Crippen LogP contribution in [0.5, 0.6) is 0 Å². The molecule has 0 saturated carbocycles. The number of rotatable bonds is 9. The van der Waals surface area contributed by atoms with E-state index in [9.17, 15) is 13.2 Å². The van der Waals surface area contributed by atoms with Crippen LogP contribution in [0.2, 0.25) is 0 Å². The third-order valence-electron chi connectivity index (χ3n) is 3.85. The molecule has 2 rings (SSSR count). The summed E-state index contributed by atoms with van der Waals surface area (Å²) in [6.45, 7) is 5.02. The largest absolute Gasteiger partial charge is 0.332 e. The van der Waals surface area contributed by atoms with E-state index in [0.29, 0.717) is 19.6 Å². The first-order chi connectivity index (χ1) is 12.3. The topological polar surface area (TPSA) is 57.7 Å². The van der Waals surface area contributed by atoms with Crippen LogP contribution in [0.1, 0.15) is 24.3 Å². The molecule has 5 nitrogen and oxygen atoms in total. The van der Waals surface area contributed by atoms with Crippen LogP contribution < -0.4 is 0 Å². The summed E-state index contributed by atoms with van der Waals surface area (Å²) < 4.78 is 25.4. The van der Waals surface area contributed by atoms with Crippen molar-refractivity contribution < 1.29 is 13.2 Å². The van der Waals surface area contributed by atoms with Crippen LogP contribution in [0.3, 0.4) is 0 Å². The fourth-order valence-corrected chi connectivity index (χ4v) is 4.24. The molecule has 0 radical (unpaired) electrons. The number of sulfonamides is 1. The standard InChI is InChI=1S/C19H26N2O3S2/c1-16(2)12-21(26(3,23)24)15-19(22)20(14-18-10-7-11-25-18)13-17-8-5-4-6-9-17/h4-11,16H,12-15H2,1-3H3. The Morgan fingerprint density at radius 2 is 1.77 bits per heavy atom. The lowest BCUT2D eigenvalue weighted by Crippen LogP contribution is -2.43. The van der Waals surface area contributed by atoms with Crippen LogP contribution in [0.4, 0.5) is 0 Å². The van der Waals surface area contributed by atoms with Gasteiger partial charge in [0.25, 0.3) is 0 Å². The van der Waals surface area contributed by atoms with Crippen molar-refractivity contribution in [2.75, 3.05) is 19.3 Å². The lowest BCUT2D eigenvalue weighted by molar-refractivity contribution is -0.132. The van der Waals surface area contributed by atoms with Crippen molar-refractivity contribution in [3.63, 3.8) is 0 Å². The molecule has 0 N–H and O–H groups in total. The molecule has 0 saturated heterocycles. The van der Waals surface area contributed by atoms with E-state index in [-0.39, 0.29) is 18.4 Å². The number of hydrogen-bond donors (Lipinski definition) is 0. The lowest BCUT2D eigenvalue weighted by atomic mass is 10.2. The minimum Gasteiger partial charge on any atom is -0.332 e. The first kappa shape index (κ1) is 20.6. The smallest absolute Gasteiger partial charge is 0.238 e. The van der Waals surface area contributed by atoms with Crippen molar-refractivity contribution in [2.45, 2.75) is 26.9 Å².